The van der Waals surface area contributed by atoms with E-state index in [4.69, 9.17) is 5.11 Å². The van der Waals surface area contributed by atoms with E-state index in [1.807, 2.05) is 0 Å². The number of hydrogen-bond donors (Lipinski definition) is 1. The lowest BCUT2D eigenvalue weighted by molar-refractivity contribution is -0.144. The fraction of sp³-hybridized carbons (Fsp3) is 0.778. The van der Waals surface area contributed by atoms with Crippen molar-refractivity contribution in [1.82, 2.24) is 0 Å². The van der Waals surface area contributed by atoms with Crippen LogP contribution in [0, 0.1) is 0 Å². The van der Waals surface area contributed by atoms with Gasteiger partial charge in [-0.1, -0.05) is 0 Å². The van der Waals surface area contributed by atoms with Gasteiger partial charge in [-0.2, -0.15) is 11.8 Å². The second-order valence-corrected chi connectivity index (χ2v) is 3.86. The molecule has 0 aromatic heterocycles. The predicted octanol–water partition coefficient (Wildman–Crippen LogP) is 0.208. The molecule has 0 aliphatic rings. The van der Waals surface area contributed by atoms with E-state index in [-0.39, 0.29) is 25.2 Å². The smallest absolute Gasteiger partial charge is 0.306 e. The van der Waals surface area contributed by atoms with Gasteiger partial charge in [-0.15, -0.1) is 0 Å². The molecule has 15 heavy (non-hydrogen) atoms. The van der Waals surface area contributed by atoms with E-state index < -0.39 is 0 Å². The molecule has 0 atom stereocenters. The molecule has 0 saturated heterocycles. The first-order valence-corrected chi connectivity index (χ1v) is 5.77. The van der Waals surface area contributed by atoms with Crippen molar-refractivity contribution in [3.05, 3.63) is 0 Å². The van der Waals surface area contributed by atoms with Crippen molar-refractivity contribution in [3.63, 3.8) is 0 Å². The molecule has 0 radical (unpaired) electrons. The van der Waals surface area contributed by atoms with Crippen LogP contribution in [-0.4, -0.2) is 48.9 Å². The standard InChI is InChI=1S/C9H16O5S/c1-13-8(11)2-6-15-7-3-9(12)14-5-4-10/h10H,2-7H2,1H3. The van der Waals surface area contributed by atoms with Gasteiger partial charge in [0.2, 0.25) is 0 Å². The Bertz CT molecular complexity index is 195. The average Bonchev–Trinajstić information content (AvgIpc) is 2.25. The molecule has 0 amide bonds. The van der Waals surface area contributed by atoms with Gasteiger partial charge in [0.25, 0.3) is 0 Å². The SMILES string of the molecule is COC(=O)CCSCCC(=O)OCCO. The summed E-state index contributed by atoms with van der Waals surface area (Å²) in [5.74, 6) is 0.682. The quantitative estimate of drug-likeness (QED) is 0.479. The van der Waals surface area contributed by atoms with Gasteiger partial charge in [0.1, 0.15) is 6.61 Å². The van der Waals surface area contributed by atoms with E-state index in [0.29, 0.717) is 24.3 Å². The highest BCUT2D eigenvalue weighted by Crippen LogP contribution is 2.05. The highest BCUT2D eigenvalue weighted by Gasteiger charge is 2.03. The zero-order chi connectivity index (χ0) is 11.5. The average molecular weight is 236 g/mol. The molecule has 0 unspecified atom stereocenters. The topological polar surface area (TPSA) is 72.8 Å². The lowest BCUT2D eigenvalue weighted by Crippen LogP contribution is -2.09. The van der Waals surface area contributed by atoms with E-state index in [0.717, 1.165) is 0 Å². The van der Waals surface area contributed by atoms with Crippen molar-refractivity contribution in [2.45, 2.75) is 12.8 Å². The van der Waals surface area contributed by atoms with Crippen molar-refractivity contribution in [2.24, 2.45) is 0 Å². The molecule has 0 aliphatic heterocycles. The Kier molecular flexibility index (Phi) is 9.30. The molecule has 0 saturated carbocycles. The largest absolute Gasteiger partial charge is 0.469 e. The molecular weight excluding hydrogens is 220 g/mol. The van der Waals surface area contributed by atoms with Crippen LogP contribution in [0.2, 0.25) is 0 Å². The van der Waals surface area contributed by atoms with Crippen molar-refractivity contribution < 1.29 is 24.2 Å². The minimum Gasteiger partial charge on any atom is -0.469 e. The highest BCUT2D eigenvalue weighted by atomic mass is 32.2. The zero-order valence-corrected chi connectivity index (χ0v) is 9.55. The molecule has 0 bridgehead atoms. The van der Waals surface area contributed by atoms with Crippen LogP contribution in [0.4, 0.5) is 0 Å². The summed E-state index contributed by atoms with van der Waals surface area (Å²) in [5.41, 5.74) is 0. The minimum absolute atomic E-state index is 0.0473. The number of carbonyl (C=O) groups excluding carboxylic acids is 2. The number of hydrogen-bond acceptors (Lipinski definition) is 6. The maximum atomic E-state index is 10.9. The Morgan fingerprint density at radius 1 is 1.20 bits per heavy atom. The number of aliphatic hydroxyl groups excluding tert-OH is 1. The minimum atomic E-state index is -0.324. The van der Waals surface area contributed by atoms with Crippen LogP contribution in [0.25, 0.3) is 0 Å². The lowest BCUT2D eigenvalue weighted by Gasteiger charge is -2.02. The number of aliphatic hydroxyl groups is 1. The Balaban J connectivity index is 3.23. The van der Waals surface area contributed by atoms with Gasteiger partial charge in [0.05, 0.1) is 26.6 Å². The number of thioether (sulfide) groups is 1. The van der Waals surface area contributed by atoms with Gasteiger partial charge in [0.15, 0.2) is 0 Å². The summed E-state index contributed by atoms with van der Waals surface area (Å²) >= 11 is 1.49. The van der Waals surface area contributed by atoms with E-state index in [9.17, 15) is 9.59 Å². The highest BCUT2D eigenvalue weighted by molar-refractivity contribution is 7.99. The van der Waals surface area contributed by atoms with E-state index in [1.165, 1.54) is 18.9 Å². The maximum absolute atomic E-state index is 10.9. The van der Waals surface area contributed by atoms with Gasteiger partial charge in [-0.05, 0) is 0 Å². The van der Waals surface area contributed by atoms with Gasteiger partial charge in [-0.3, -0.25) is 9.59 Å². The number of ether oxygens (including phenoxy) is 2. The van der Waals surface area contributed by atoms with Crippen LogP contribution in [0.3, 0.4) is 0 Å². The van der Waals surface area contributed by atoms with Crippen molar-refractivity contribution in [1.29, 1.82) is 0 Å². The molecule has 6 heteroatoms. The van der Waals surface area contributed by atoms with Gasteiger partial charge >= 0.3 is 11.9 Å². The molecule has 0 spiro atoms. The third-order valence-electron chi connectivity index (χ3n) is 1.48. The summed E-state index contributed by atoms with van der Waals surface area (Å²) in [7, 11) is 1.35. The molecule has 88 valence electrons. The molecule has 0 rings (SSSR count). The first kappa shape index (κ1) is 14.2. The lowest BCUT2D eigenvalue weighted by atomic mass is 10.5. The number of carbonyl (C=O) groups is 2. The molecule has 0 fully saturated rings. The van der Waals surface area contributed by atoms with Crippen LogP contribution in [-0.2, 0) is 19.1 Å². The van der Waals surface area contributed by atoms with E-state index in [2.05, 4.69) is 9.47 Å². The third kappa shape index (κ3) is 9.55. The summed E-state index contributed by atoms with van der Waals surface area (Å²) in [6, 6.07) is 0. The van der Waals surface area contributed by atoms with Crippen molar-refractivity contribution in [2.75, 3.05) is 31.8 Å². The Labute approximate surface area is 93.1 Å². The third-order valence-corrected chi connectivity index (χ3v) is 2.47. The molecule has 0 aromatic carbocycles. The van der Waals surface area contributed by atoms with Gasteiger partial charge < -0.3 is 14.6 Å². The second kappa shape index (κ2) is 9.79. The van der Waals surface area contributed by atoms with Crippen LogP contribution in [0.15, 0.2) is 0 Å². The van der Waals surface area contributed by atoms with Gasteiger partial charge in [-0.25, -0.2) is 0 Å². The summed E-state index contributed by atoms with van der Waals surface area (Å²) in [4.78, 5) is 21.6. The van der Waals surface area contributed by atoms with Crippen LogP contribution in [0.1, 0.15) is 12.8 Å². The van der Waals surface area contributed by atoms with Gasteiger partial charge in [0, 0.05) is 11.5 Å². The maximum Gasteiger partial charge on any atom is 0.306 e. The van der Waals surface area contributed by atoms with Crippen LogP contribution in [0.5, 0.6) is 0 Å². The molecule has 5 nitrogen and oxygen atoms in total. The van der Waals surface area contributed by atoms with Crippen molar-refractivity contribution in [3.8, 4) is 0 Å². The second-order valence-electron chi connectivity index (χ2n) is 2.63. The first-order chi connectivity index (χ1) is 7.20. The monoisotopic (exact) mass is 236 g/mol. The predicted molar refractivity (Wildman–Crippen MR) is 56.6 cm³/mol. The Morgan fingerprint density at radius 2 is 1.80 bits per heavy atom. The normalized spacial score (nSPS) is 9.73. The number of rotatable bonds is 8. The summed E-state index contributed by atoms with van der Waals surface area (Å²) in [6.07, 6.45) is 0.651. The van der Waals surface area contributed by atoms with Crippen molar-refractivity contribution >= 4 is 23.7 Å². The molecule has 0 aliphatic carbocycles. The summed E-state index contributed by atoms with van der Waals surface area (Å²) in [6.45, 7) is -0.104. The fourth-order valence-corrected chi connectivity index (χ4v) is 1.57. The summed E-state index contributed by atoms with van der Waals surface area (Å²) < 4.78 is 9.11. The molecule has 0 heterocycles. The van der Waals surface area contributed by atoms with E-state index >= 15 is 0 Å². The Hall–Kier alpha value is -0.750. The van der Waals surface area contributed by atoms with Crippen LogP contribution < -0.4 is 0 Å². The number of esters is 2. The molecular formula is C9H16O5S. The fourth-order valence-electron chi connectivity index (χ4n) is 0.747. The van der Waals surface area contributed by atoms with E-state index in [1.54, 1.807) is 0 Å². The zero-order valence-electron chi connectivity index (χ0n) is 8.73. The molecule has 1 N–H and O–H groups in total. The molecule has 0 aromatic rings. The first-order valence-electron chi connectivity index (χ1n) is 4.61. The van der Waals surface area contributed by atoms with Crippen LogP contribution >= 0.6 is 11.8 Å². The Morgan fingerprint density at radius 3 is 2.33 bits per heavy atom. The number of methoxy groups -OCH3 is 1. The summed E-state index contributed by atoms with van der Waals surface area (Å²) in [5, 5.41) is 8.38.